The van der Waals surface area contributed by atoms with Crippen molar-refractivity contribution in [3.8, 4) is 5.75 Å². The number of halogens is 3. The van der Waals surface area contributed by atoms with E-state index in [1.165, 1.54) is 30.5 Å². The summed E-state index contributed by atoms with van der Waals surface area (Å²) in [5.74, 6) is -0.801. The minimum atomic E-state index is -0.699. The maximum atomic E-state index is 14.1. The Balaban J connectivity index is 1.96. The second kappa shape index (κ2) is 5.90. The molecule has 2 N–H and O–H groups in total. The van der Waals surface area contributed by atoms with Crippen molar-refractivity contribution < 1.29 is 13.5 Å². The second-order valence-corrected chi connectivity index (χ2v) is 5.31. The largest absolute Gasteiger partial charge is 0.495 e. The molecule has 22 heavy (non-hydrogen) atoms. The van der Waals surface area contributed by atoms with Gasteiger partial charge in [0.15, 0.2) is 11.6 Å². The van der Waals surface area contributed by atoms with Crippen LogP contribution >= 0.6 is 15.9 Å². The first kappa shape index (κ1) is 14.7. The molecule has 1 aromatic heterocycles. The van der Waals surface area contributed by atoms with Crippen LogP contribution in [0.15, 0.2) is 41.3 Å². The summed E-state index contributed by atoms with van der Waals surface area (Å²) >= 11 is 3.04. The summed E-state index contributed by atoms with van der Waals surface area (Å²) in [5, 5.41) is 1.23. The molecule has 8 heteroatoms. The summed E-state index contributed by atoms with van der Waals surface area (Å²) in [5.41, 5.74) is 6.63. The zero-order chi connectivity index (χ0) is 15.7. The van der Waals surface area contributed by atoms with Crippen molar-refractivity contribution in [2.45, 2.75) is 0 Å². The highest BCUT2D eigenvalue weighted by atomic mass is 79.9. The van der Waals surface area contributed by atoms with E-state index in [0.29, 0.717) is 17.0 Å². The molecule has 0 amide bonds. The molecule has 3 rings (SSSR count). The number of rotatable bonds is 3. The number of benzene rings is 1. The van der Waals surface area contributed by atoms with E-state index in [1.54, 1.807) is 18.5 Å². The van der Waals surface area contributed by atoms with Gasteiger partial charge in [-0.2, -0.15) is 0 Å². The molecule has 0 saturated carbocycles. The molecule has 1 aliphatic rings. The first-order valence-electron chi connectivity index (χ1n) is 6.26. The average Bonchev–Trinajstić information content (AvgIpc) is 3.01. The maximum Gasteiger partial charge on any atom is 0.165 e. The zero-order valence-electron chi connectivity index (χ0n) is 11.4. The van der Waals surface area contributed by atoms with E-state index < -0.39 is 11.6 Å². The number of nitrogens with zero attached hydrogens (tertiary/aromatic N) is 2. The Hall–Kier alpha value is -2.19. The van der Waals surface area contributed by atoms with Crippen LogP contribution < -0.4 is 20.7 Å². The minimum absolute atomic E-state index is 0.176. The molecular weight excluding hydrogens is 358 g/mol. The highest BCUT2D eigenvalue weighted by molar-refractivity contribution is 9.10. The first-order valence-corrected chi connectivity index (χ1v) is 7.05. The molecule has 0 fully saturated rings. The molecule has 0 saturated heterocycles. The van der Waals surface area contributed by atoms with Gasteiger partial charge in [-0.3, -0.25) is 9.99 Å². The number of pyridine rings is 1. The lowest BCUT2D eigenvalue weighted by Crippen LogP contribution is -2.37. The SMILES string of the molecule is COc1cncc(C2=CN(c3c(F)ccc(Br)c3F)NN2)c1. The van der Waals surface area contributed by atoms with Gasteiger partial charge in [0, 0.05) is 18.0 Å². The van der Waals surface area contributed by atoms with Gasteiger partial charge in [-0.15, -0.1) is 5.53 Å². The molecule has 114 valence electrons. The van der Waals surface area contributed by atoms with Gasteiger partial charge in [-0.25, -0.2) is 8.78 Å². The van der Waals surface area contributed by atoms with E-state index in [1.807, 2.05) is 0 Å². The molecule has 1 aromatic carbocycles. The van der Waals surface area contributed by atoms with Gasteiger partial charge in [0.05, 0.1) is 23.5 Å². The Labute approximate surface area is 133 Å². The van der Waals surface area contributed by atoms with E-state index in [2.05, 4.69) is 31.9 Å². The Kier molecular flexibility index (Phi) is 3.95. The lowest BCUT2D eigenvalue weighted by Gasteiger charge is -2.17. The monoisotopic (exact) mass is 368 g/mol. The third-order valence-corrected chi connectivity index (χ3v) is 3.70. The normalized spacial score (nSPS) is 13.8. The Morgan fingerprint density at radius 3 is 2.86 bits per heavy atom. The summed E-state index contributed by atoms with van der Waals surface area (Å²) in [4.78, 5) is 4.04. The molecule has 0 atom stereocenters. The summed E-state index contributed by atoms with van der Waals surface area (Å²) < 4.78 is 33.3. The van der Waals surface area contributed by atoms with Crippen LogP contribution in [0.4, 0.5) is 14.5 Å². The third-order valence-electron chi connectivity index (χ3n) is 3.09. The predicted molar refractivity (Wildman–Crippen MR) is 81.6 cm³/mol. The lowest BCUT2D eigenvalue weighted by atomic mass is 10.2. The van der Waals surface area contributed by atoms with E-state index in [0.717, 1.165) is 0 Å². The van der Waals surface area contributed by atoms with Gasteiger partial charge in [0.1, 0.15) is 11.4 Å². The van der Waals surface area contributed by atoms with Crippen LogP contribution in [0.3, 0.4) is 0 Å². The number of nitrogens with one attached hydrogen (secondary N) is 2. The summed E-state index contributed by atoms with van der Waals surface area (Å²) in [6.07, 6.45) is 4.71. The Morgan fingerprint density at radius 2 is 2.09 bits per heavy atom. The molecular formula is C14H11BrF2N4O. The number of anilines is 1. The van der Waals surface area contributed by atoms with E-state index >= 15 is 0 Å². The van der Waals surface area contributed by atoms with Crippen molar-refractivity contribution in [1.82, 2.24) is 15.9 Å². The highest BCUT2D eigenvalue weighted by Gasteiger charge is 2.22. The van der Waals surface area contributed by atoms with Gasteiger partial charge in [0.2, 0.25) is 0 Å². The second-order valence-electron chi connectivity index (χ2n) is 4.45. The summed E-state index contributed by atoms with van der Waals surface area (Å²) in [7, 11) is 1.54. The van der Waals surface area contributed by atoms with Crippen LogP contribution in [0.25, 0.3) is 5.70 Å². The molecule has 0 bridgehead atoms. The van der Waals surface area contributed by atoms with Crippen LogP contribution in [-0.4, -0.2) is 12.1 Å². The molecule has 5 nitrogen and oxygen atoms in total. The minimum Gasteiger partial charge on any atom is -0.495 e. The van der Waals surface area contributed by atoms with Crippen LogP contribution in [0.5, 0.6) is 5.75 Å². The number of hydrazine groups is 2. The molecule has 0 unspecified atom stereocenters. The molecule has 0 spiro atoms. The van der Waals surface area contributed by atoms with E-state index in [-0.39, 0.29) is 10.2 Å². The number of hydrogen-bond acceptors (Lipinski definition) is 5. The topological polar surface area (TPSA) is 49.4 Å². The number of aromatic nitrogens is 1. The fourth-order valence-electron chi connectivity index (χ4n) is 2.00. The summed E-state index contributed by atoms with van der Waals surface area (Å²) in [6.45, 7) is 0. The van der Waals surface area contributed by atoms with E-state index in [4.69, 9.17) is 4.74 Å². The van der Waals surface area contributed by atoms with Crippen molar-refractivity contribution in [3.63, 3.8) is 0 Å². The van der Waals surface area contributed by atoms with Crippen molar-refractivity contribution in [1.29, 1.82) is 0 Å². The highest BCUT2D eigenvalue weighted by Crippen LogP contribution is 2.30. The third kappa shape index (κ3) is 2.62. The van der Waals surface area contributed by atoms with Gasteiger partial charge in [-0.1, -0.05) is 0 Å². The van der Waals surface area contributed by atoms with Crippen molar-refractivity contribution in [3.05, 3.63) is 58.5 Å². The van der Waals surface area contributed by atoms with Gasteiger partial charge in [-0.05, 0) is 34.1 Å². The standard InChI is InChI=1S/C14H11BrF2N4O/c1-22-9-4-8(5-18-6-9)12-7-21(20-19-12)14-11(16)3-2-10(15)13(14)17/h2-7,19-20H,1H3. The molecule has 2 heterocycles. The number of ether oxygens (including phenoxy) is 1. The van der Waals surface area contributed by atoms with Gasteiger partial charge in [0.25, 0.3) is 0 Å². The number of methoxy groups -OCH3 is 1. The first-order chi connectivity index (χ1) is 10.6. The van der Waals surface area contributed by atoms with Crippen molar-refractivity contribution in [2.24, 2.45) is 0 Å². The van der Waals surface area contributed by atoms with Crippen LogP contribution in [0.1, 0.15) is 5.56 Å². The quantitative estimate of drug-likeness (QED) is 0.815. The maximum absolute atomic E-state index is 14.1. The van der Waals surface area contributed by atoms with E-state index in [9.17, 15) is 8.78 Å². The average molecular weight is 369 g/mol. The van der Waals surface area contributed by atoms with Gasteiger partial charge >= 0.3 is 0 Å². The van der Waals surface area contributed by atoms with Crippen LogP contribution in [-0.2, 0) is 0 Å². The molecule has 0 radical (unpaired) electrons. The molecule has 1 aliphatic heterocycles. The van der Waals surface area contributed by atoms with Crippen molar-refractivity contribution in [2.75, 3.05) is 12.1 Å². The van der Waals surface area contributed by atoms with Crippen LogP contribution in [0.2, 0.25) is 0 Å². The summed E-state index contributed by atoms with van der Waals surface area (Å²) in [6, 6.07) is 4.25. The van der Waals surface area contributed by atoms with Gasteiger partial charge < -0.3 is 10.2 Å². The smallest absolute Gasteiger partial charge is 0.165 e. The lowest BCUT2D eigenvalue weighted by molar-refractivity contribution is 0.412. The number of hydrogen-bond donors (Lipinski definition) is 2. The van der Waals surface area contributed by atoms with Crippen LogP contribution in [0, 0.1) is 11.6 Å². The predicted octanol–water partition coefficient (Wildman–Crippen LogP) is 2.96. The Morgan fingerprint density at radius 1 is 1.27 bits per heavy atom. The molecule has 0 aliphatic carbocycles. The molecule has 2 aromatic rings. The van der Waals surface area contributed by atoms with Crippen molar-refractivity contribution >= 4 is 27.3 Å². The fourth-order valence-corrected chi connectivity index (χ4v) is 2.32. The zero-order valence-corrected chi connectivity index (χ0v) is 13.0. The Bertz CT molecular complexity index is 754. The fraction of sp³-hybridized carbons (Fsp3) is 0.0714.